The SMILES string of the molecule is Cc1cccc(OCC(=O)O[C@H](C)C(=O)Nc2ccccc2OC(F)F)c1C. The Morgan fingerprint density at radius 3 is 2.43 bits per heavy atom. The Bertz CT molecular complexity index is 841. The molecule has 0 heterocycles. The molecule has 2 rings (SSSR count). The van der Waals surface area contributed by atoms with Gasteiger partial charge in [-0.15, -0.1) is 0 Å². The number of carbonyl (C=O) groups excluding carboxylic acids is 2. The fraction of sp³-hybridized carbons (Fsp3) is 0.300. The largest absolute Gasteiger partial charge is 0.482 e. The maximum atomic E-state index is 12.4. The third-order valence-electron chi connectivity index (χ3n) is 3.94. The fourth-order valence-electron chi connectivity index (χ4n) is 2.30. The molecule has 150 valence electrons. The summed E-state index contributed by atoms with van der Waals surface area (Å²) >= 11 is 0. The summed E-state index contributed by atoms with van der Waals surface area (Å²) in [5.74, 6) is -1.07. The van der Waals surface area contributed by atoms with Gasteiger partial charge in [-0.3, -0.25) is 4.79 Å². The lowest BCUT2D eigenvalue weighted by Crippen LogP contribution is -2.31. The summed E-state index contributed by atoms with van der Waals surface area (Å²) in [6, 6.07) is 11.2. The monoisotopic (exact) mass is 393 g/mol. The number of para-hydroxylation sites is 2. The highest BCUT2D eigenvalue weighted by Gasteiger charge is 2.20. The van der Waals surface area contributed by atoms with Crippen molar-refractivity contribution >= 4 is 17.6 Å². The quantitative estimate of drug-likeness (QED) is 0.690. The maximum Gasteiger partial charge on any atom is 0.387 e. The molecule has 0 aliphatic carbocycles. The van der Waals surface area contributed by atoms with Gasteiger partial charge in [0.15, 0.2) is 12.7 Å². The Kier molecular flexibility index (Phi) is 7.31. The molecule has 1 atom stereocenters. The third-order valence-corrected chi connectivity index (χ3v) is 3.94. The van der Waals surface area contributed by atoms with Crippen LogP contribution in [0.15, 0.2) is 42.5 Å². The van der Waals surface area contributed by atoms with E-state index in [2.05, 4.69) is 10.1 Å². The van der Waals surface area contributed by atoms with Crippen LogP contribution in [-0.2, 0) is 14.3 Å². The zero-order chi connectivity index (χ0) is 20.7. The molecule has 0 bridgehead atoms. The van der Waals surface area contributed by atoms with Crippen LogP contribution in [0.5, 0.6) is 11.5 Å². The number of esters is 1. The topological polar surface area (TPSA) is 73.9 Å². The van der Waals surface area contributed by atoms with Gasteiger partial charge >= 0.3 is 12.6 Å². The summed E-state index contributed by atoms with van der Waals surface area (Å²) in [5.41, 5.74) is 1.96. The van der Waals surface area contributed by atoms with Gasteiger partial charge in [0.05, 0.1) is 5.69 Å². The highest BCUT2D eigenvalue weighted by Crippen LogP contribution is 2.25. The highest BCUT2D eigenvalue weighted by molar-refractivity contribution is 5.96. The van der Waals surface area contributed by atoms with Gasteiger partial charge in [0, 0.05) is 0 Å². The zero-order valence-electron chi connectivity index (χ0n) is 15.7. The van der Waals surface area contributed by atoms with Crippen molar-refractivity contribution in [1.82, 2.24) is 0 Å². The van der Waals surface area contributed by atoms with Crippen molar-refractivity contribution < 1.29 is 32.6 Å². The van der Waals surface area contributed by atoms with Gasteiger partial charge in [0.25, 0.3) is 5.91 Å². The van der Waals surface area contributed by atoms with Gasteiger partial charge in [0.2, 0.25) is 0 Å². The van der Waals surface area contributed by atoms with Crippen molar-refractivity contribution in [3.63, 3.8) is 0 Å². The smallest absolute Gasteiger partial charge is 0.387 e. The first-order valence-electron chi connectivity index (χ1n) is 8.51. The molecule has 0 spiro atoms. The van der Waals surface area contributed by atoms with E-state index in [-0.39, 0.29) is 18.0 Å². The molecular weight excluding hydrogens is 372 g/mol. The van der Waals surface area contributed by atoms with Crippen LogP contribution >= 0.6 is 0 Å². The molecule has 0 saturated carbocycles. The van der Waals surface area contributed by atoms with Gasteiger partial charge in [-0.2, -0.15) is 8.78 Å². The number of alkyl halides is 2. The predicted octanol–water partition coefficient (Wildman–Crippen LogP) is 3.85. The zero-order valence-corrected chi connectivity index (χ0v) is 15.7. The lowest BCUT2D eigenvalue weighted by Gasteiger charge is -2.16. The lowest BCUT2D eigenvalue weighted by atomic mass is 10.1. The average Bonchev–Trinajstić information content (AvgIpc) is 2.64. The summed E-state index contributed by atoms with van der Waals surface area (Å²) in [6.07, 6.45) is -1.16. The van der Waals surface area contributed by atoms with Crippen molar-refractivity contribution in [2.75, 3.05) is 11.9 Å². The number of amides is 1. The lowest BCUT2D eigenvalue weighted by molar-refractivity contribution is -0.155. The Balaban J connectivity index is 1.90. The van der Waals surface area contributed by atoms with E-state index in [1.165, 1.54) is 25.1 Å². The summed E-state index contributed by atoms with van der Waals surface area (Å²) < 4.78 is 39.7. The van der Waals surface area contributed by atoms with Crippen molar-refractivity contribution in [1.29, 1.82) is 0 Å². The molecule has 6 nitrogen and oxygen atoms in total. The predicted molar refractivity (Wildman–Crippen MR) is 98.7 cm³/mol. The highest BCUT2D eigenvalue weighted by atomic mass is 19.3. The first-order chi connectivity index (χ1) is 13.3. The number of benzene rings is 2. The minimum atomic E-state index is -3.03. The summed E-state index contributed by atoms with van der Waals surface area (Å²) in [6.45, 7) is 1.75. The fourth-order valence-corrected chi connectivity index (χ4v) is 2.30. The Labute approximate surface area is 161 Å². The van der Waals surface area contributed by atoms with Crippen molar-refractivity contribution in [3.05, 3.63) is 53.6 Å². The van der Waals surface area contributed by atoms with E-state index in [0.717, 1.165) is 11.1 Å². The summed E-state index contributed by atoms with van der Waals surface area (Å²) in [5, 5.41) is 2.40. The first kappa shape index (κ1) is 21.1. The minimum absolute atomic E-state index is 0.0438. The van der Waals surface area contributed by atoms with Crippen LogP contribution in [0.4, 0.5) is 14.5 Å². The third kappa shape index (κ3) is 5.94. The molecule has 0 unspecified atom stereocenters. The second-order valence-electron chi connectivity index (χ2n) is 5.98. The molecule has 1 amide bonds. The molecule has 1 N–H and O–H groups in total. The van der Waals surface area contributed by atoms with Crippen LogP contribution in [-0.4, -0.2) is 31.2 Å². The molecule has 0 aliphatic rings. The molecule has 0 radical (unpaired) electrons. The molecular formula is C20H21F2NO5. The number of hydrogen-bond acceptors (Lipinski definition) is 5. The van der Waals surface area contributed by atoms with Crippen LogP contribution < -0.4 is 14.8 Å². The van der Waals surface area contributed by atoms with Crippen LogP contribution in [0.2, 0.25) is 0 Å². The molecule has 2 aromatic carbocycles. The van der Waals surface area contributed by atoms with Crippen LogP contribution in [0.1, 0.15) is 18.1 Å². The Morgan fingerprint density at radius 1 is 1.04 bits per heavy atom. The summed E-state index contributed by atoms with van der Waals surface area (Å²) in [4.78, 5) is 24.1. The number of rotatable bonds is 8. The van der Waals surface area contributed by atoms with E-state index in [0.29, 0.717) is 5.75 Å². The van der Waals surface area contributed by atoms with Crippen LogP contribution in [0.25, 0.3) is 0 Å². The molecule has 0 aromatic heterocycles. The van der Waals surface area contributed by atoms with Crippen molar-refractivity contribution in [3.8, 4) is 11.5 Å². The first-order valence-corrected chi connectivity index (χ1v) is 8.51. The molecule has 8 heteroatoms. The number of aryl methyl sites for hydroxylation is 1. The number of carbonyl (C=O) groups is 2. The van der Waals surface area contributed by atoms with Crippen LogP contribution in [0.3, 0.4) is 0 Å². The van der Waals surface area contributed by atoms with Crippen molar-refractivity contribution in [2.24, 2.45) is 0 Å². The Hall–Kier alpha value is -3.16. The molecule has 28 heavy (non-hydrogen) atoms. The van der Waals surface area contributed by atoms with Gasteiger partial charge in [-0.25, -0.2) is 4.79 Å². The number of ether oxygens (including phenoxy) is 3. The van der Waals surface area contributed by atoms with Crippen molar-refractivity contribution in [2.45, 2.75) is 33.5 Å². The number of halogens is 2. The number of hydrogen-bond donors (Lipinski definition) is 1. The van der Waals surface area contributed by atoms with Gasteiger partial charge < -0.3 is 19.5 Å². The van der Waals surface area contributed by atoms with E-state index in [9.17, 15) is 18.4 Å². The van der Waals surface area contributed by atoms with E-state index in [4.69, 9.17) is 9.47 Å². The van der Waals surface area contributed by atoms with Crippen LogP contribution in [0, 0.1) is 13.8 Å². The maximum absolute atomic E-state index is 12.4. The average molecular weight is 393 g/mol. The molecule has 0 fully saturated rings. The minimum Gasteiger partial charge on any atom is -0.482 e. The molecule has 0 saturated heterocycles. The normalized spacial score (nSPS) is 11.6. The van der Waals surface area contributed by atoms with E-state index in [1.807, 2.05) is 19.9 Å². The molecule has 2 aromatic rings. The van der Waals surface area contributed by atoms with Gasteiger partial charge in [-0.05, 0) is 50.1 Å². The second-order valence-corrected chi connectivity index (χ2v) is 5.98. The number of nitrogens with one attached hydrogen (secondary N) is 1. The Morgan fingerprint density at radius 2 is 1.71 bits per heavy atom. The van der Waals surface area contributed by atoms with E-state index < -0.39 is 24.6 Å². The number of anilines is 1. The van der Waals surface area contributed by atoms with Gasteiger partial charge in [-0.1, -0.05) is 24.3 Å². The van der Waals surface area contributed by atoms with E-state index in [1.54, 1.807) is 18.2 Å². The molecule has 0 aliphatic heterocycles. The summed E-state index contributed by atoms with van der Waals surface area (Å²) in [7, 11) is 0. The van der Waals surface area contributed by atoms with Gasteiger partial charge in [0.1, 0.15) is 11.5 Å². The van der Waals surface area contributed by atoms with E-state index >= 15 is 0 Å². The second kappa shape index (κ2) is 9.68. The standard InChI is InChI=1S/C20H21F2NO5/c1-12-7-6-10-16(13(12)2)26-11-18(24)27-14(3)19(25)23-15-8-4-5-9-17(15)28-20(21)22/h4-10,14,20H,11H2,1-3H3,(H,23,25)/t14-/m1/s1.